The Morgan fingerprint density at radius 3 is 2.26 bits per heavy atom. The molecule has 0 radical (unpaired) electrons. The van der Waals surface area contributed by atoms with Crippen LogP contribution < -0.4 is 4.31 Å². The van der Waals surface area contributed by atoms with Gasteiger partial charge in [-0.25, -0.2) is 13.2 Å². The summed E-state index contributed by atoms with van der Waals surface area (Å²) in [5.74, 6) is -0.595. The number of rotatable bonds is 5. The lowest BCUT2D eigenvalue weighted by atomic mass is 10.2. The van der Waals surface area contributed by atoms with E-state index in [2.05, 4.69) is 4.74 Å². The molecule has 0 heterocycles. The van der Waals surface area contributed by atoms with Gasteiger partial charge in [0, 0.05) is 5.02 Å². The third kappa shape index (κ3) is 3.84. The first-order valence-corrected chi connectivity index (χ1v) is 7.86. The lowest BCUT2D eigenvalue weighted by Gasteiger charge is -2.28. The summed E-state index contributed by atoms with van der Waals surface area (Å²) in [6, 6.07) is 5.35. The van der Waals surface area contributed by atoms with Gasteiger partial charge in [0.05, 0.1) is 19.1 Å². The molecular weight excluding hydrogens is 290 g/mol. The lowest BCUT2D eigenvalue weighted by molar-refractivity contribution is -0.142. The third-order valence-electron chi connectivity index (χ3n) is 2.58. The fraction of sp³-hybridized carbons (Fsp3) is 0.417. The summed E-state index contributed by atoms with van der Waals surface area (Å²) in [5, 5.41) is 0.489. The molecule has 0 aliphatic heterocycles. The van der Waals surface area contributed by atoms with Crippen LogP contribution in [0.1, 0.15) is 13.3 Å². The highest BCUT2D eigenvalue weighted by Gasteiger charge is 2.32. The van der Waals surface area contributed by atoms with Crippen molar-refractivity contribution in [2.75, 3.05) is 17.7 Å². The van der Waals surface area contributed by atoms with Gasteiger partial charge in [-0.1, -0.05) is 18.5 Å². The fourth-order valence-electron chi connectivity index (χ4n) is 1.75. The third-order valence-corrected chi connectivity index (χ3v) is 4.01. The van der Waals surface area contributed by atoms with E-state index in [1.807, 2.05) is 0 Å². The molecule has 0 bridgehead atoms. The van der Waals surface area contributed by atoms with Crippen LogP contribution in [0, 0.1) is 0 Å². The van der Waals surface area contributed by atoms with Gasteiger partial charge in [0.2, 0.25) is 10.0 Å². The second-order valence-electron chi connectivity index (χ2n) is 3.98. The molecule has 1 aromatic carbocycles. The first-order chi connectivity index (χ1) is 8.81. The minimum Gasteiger partial charge on any atom is -0.467 e. The molecule has 1 aromatic rings. The number of hydrogen-bond donors (Lipinski definition) is 0. The van der Waals surface area contributed by atoms with Gasteiger partial charge < -0.3 is 4.74 Å². The largest absolute Gasteiger partial charge is 0.467 e. The highest BCUT2D eigenvalue weighted by Crippen LogP contribution is 2.24. The van der Waals surface area contributed by atoms with Crippen molar-refractivity contribution in [1.29, 1.82) is 0 Å². The van der Waals surface area contributed by atoms with Crippen LogP contribution in [0.15, 0.2) is 24.3 Å². The molecule has 0 saturated heterocycles. The zero-order chi connectivity index (χ0) is 14.6. The molecule has 1 atom stereocenters. The summed E-state index contributed by atoms with van der Waals surface area (Å²) < 4.78 is 29.5. The Labute approximate surface area is 118 Å². The SMILES string of the molecule is CCC(C(=O)OC)N(c1ccc(Cl)cc1)S(C)(=O)=O. The predicted octanol–water partition coefficient (Wildman–Crippen LogP) is 2.06. The van der Waals surface area contributed by atoms with Gasteiger partial charge in [-0.2, -0.15) is 0 Å². The van der Waals surface area contributed by atoms with Gasteiger partial charge in [0.25, 0.3) is 0 Å². The molecule has 0 amide bonds. The molecule has 19 heavy (non-hydrogen) atoms. The maximum Gasteiger partial charge on any atom is 0.329 e. The molecule has 5 nitrogen and oxygen atoms in total. The first kappa shape index (κ1) is 15.8. The molecule has 7 heteroatoms. The smallest absolute Gasteiger partial charge is 0.329 e. The number of sulfonamides is 1. The molecule has 0 saturated carbocycles. The molecule has 0 spiro atoms. The van der Waals surface area contributed by atoms with Gasteiger partial charge in [0.15, 0.2) is 0 Å². The topological polar surface area (TPSA) is 63.7 Å². The van der Waals surface area contributed by atoms with Crippen LogP contribution in [0.4, 0.5) is 5.69 Å². The monoisotopic (exact) mass is 305 g/mol. The van der Waals surface area contributed by atoms with Gasteiger partial charge in [0.1, 0.15) is 6.04 Å². The number of methoxy groups -OCH3 is 1. The normalized spacial score (nSPS) is 12.8. The van der Waals surface area contributed by atoms with Crippen molar-refractivity contribution in [3.05, 3.63) is 29.3 Å². The summed E-state index contributed by atoms with van der Waals surface area (Å²) in [4.78, 5) is 11.7. The van der Waals surface area contributed by atoms with E-state index in [1.165, 1.54) is 7.11 Å². The molecule has 0 aromatic heterocycles. The van der Waals surface area contributed by atoms with Crippen LogP contribution in [-0.4, -0.2) is 33.8 Å². The highest BCUT2D eigenvalue weighted by molar-refractivity contribution is 7.92. The van der Waals surface area contributed by atoms with Crippen LogP contribution in [0.5, 0.6) is 0 Å². The molecule has 0 N–H and O–H groups in total. The number of hydrogen-bond acceptors (Lipinski definition) is 4. The van der Waals surface area contributed by atoms with E-state index in [0.717, 1.165) is 10.6 Å². The van der Waals surface area contributed by atoms with Crippen molar-refractivity contribution >= 4 is 33.3 Å². The van der Waals surface area contributed by atoms with Gasteiger partial charge >= 0.3 is 5.97 Å². The van der Waals surface area contributed by atoms with E-state index in [-0.39, 0.29) is 0 Å². The summed E-state index contributed by atoms with van der Waals surface area (Å²) in [6.07, 6.45) is 1.36. The molecule has 0 aliphatic carbocycles. The summed E-state index contributed by atoms with van der Waals surface area (Å²) in [6.45, 7) is 1.72. The quantitative estimate of drug-likeness (QED) is 0.781. The zero-order valence-electron chi connectivity index (χ0n) is 11.0. The average Bonchev–Trinajstić information content (AvgIpc) is 2.35. The highest BCUT2D eigenvalue weighted by atomic mass is 35.5. The van der Waals surface area contributed by atoms with Crippen molar-refractivity contribution in [2.24, 2.45) is 0 Å². The molecule has 0 fully saturated rings. The number of benzene rings is 1. The molecule has 1 rings (SSSR count). The van der Waals surface area contributed by atoms with E-state index >= 15 is 0 Å². The van der Waals surface area contributed by atoms with Crippen LogP contribution >= 0.6 is 11.6 Å². The number of halogens is 1. The van der Waals surface area contributed by atoms with Crippen molar-refractivity contribution in [2.45, 2.75) is 19.4 Å². The van der Waals surface area contributed by atoms with Gasteiger partial charge in [-0.05, 0) is 30.7 Å². The average molecular weight is 306 g/mol. The van der Waals surface area contributed by atoms with Gasteiger partial charge in [-0.15, -0.1) is 0 Å². The second-order valence-corrected chi connectivity index (χ2v) is 6.28. The number of carbonyl (C=O) groups excluding carboxylic acids is 1. The first-order valence-electron chi connectivity index (χ1n) is 5.64. The Bertz CT molecular complexity index is 541. The van der Waals surface area contributed by atoms with Crippen molar-refractivity contribution in [1.82, 2.24) is 0 Å². The minimum atomic E-state index is -3.61. The maximum absolute atomic E-state index is 11.9. The fourth-order valence-corrected chi connectivity index (χ4v) is 3.08. The predicted molar refractivity (Wildman–Crippen MR) is 74.9 cm³/mol. The van der Waals surface area contributed by atoms with E-state index in [1.54, 1.807) is 31.2 Å². The van der Waals surface area contributed by atoms with E-state index in [9.17, 15) is 13.2 Å². The number of esters is 1. The minimum absolute atomic E-state index is 0.308. The standard InChI is InChI=1S/C12H16ClNO4S/c1-4-11(12(15)18-2)14(19(3,16)17)10-7-5-9(13)6-8-10/h5-8,11H,4H2,1-3H3. The number of anilines is 1. The Morgan fingerprint density at radius 2 is 1.89 bits per heavy atom. The Hall–Kier alpha value is -1.27. The van der Waals surface area contributed by atoms with Crippen LogP contribution in [0.2, 0.25) is 5.02 Å². The van der Waals surface area contributed by atoms with E-state index in [4.69, 9.17) is 11.6 Å². The van der Waals surface area contributed by atoms with Crippen molar-refractivity contribution in [3.63, 3.8) is 0 Å². The molecule has 106 valence electrons. The van der Waals surface area contributed by atoms with Gasteiger partial charge in [-0.3, -0.25) is 4.31 Å². The van der Waals surface area contributed by atoms with Crippen molar-refractivity contribution in [3.8, 4) is 0 Å². The molecule has 1 unspecified atom stereocenters. The van der Waals surface area contributed by atoms with E-state index in [0.29, 0.717) is 17.1 Å². The molecular formula is C12H16ClNO4S. The molecule has 0 aliphatic rings. The summed E-state index contributed by atoms with van der Waals surface area (Å²) in [5.41, 5.74) is 0.379. The number of ether oxygens (including phenoxy) is 1. The summed E-state index contributed by atoms with van der Waals surface area (Å²) >= 11 is 5.77. The zero-order valence-corrected chi connectivity index (χ0v) is 12.5. The number of nitrogens with zero attached hydrogens (tertiary/aromatic N) is 1. The van der Waals surface area contributed by atoms with E-state index < -0.39 is 22.0 Å². The van der Waals surface area contributed by atoms with Crippen LogP contribution in [-0.2, 0) is 19.6 Å². The van der Waals surface area contributed by atoms with Crippen molar-refractivity contribution < 1.29 is 17.9 Å². The lowest BCUT2D eigenvalue weighted by Crippen LogP contribution is -2.45. The number of carbonyl (C=O) groups is 1. The Morgan fingerprint density at radius 1 is 1.37 bits per heavy atom. The Kier molecular flexibility index (Phi) is 5.20. The Balaban J connectivity index is 3.29. The summed E-state index contributed by atoms with van der Waals surface area (Å²) in [7, 11) is -2.38. The van der Waals surface area contributed by atoms with Crippen LogP contribution in [0.25, 0.3) is 0 Å². The van der Waals surface area contributed by atoms with Crippen LogP contribution in [0.3, 0.4) is 0 Å². The second kappa shape index (κ2) is 6.25. The maximum atomic E-state index is 11.9.